The Hall–Kier alpha value is -2.08. The van der Waals surface area contributed by atoms with Gasteiger partial charge in [0.15, 0.2) is 5.16 Å². The van der Waals surface area contributed by atoms with E-state index in [4.69, 9.17) is 4.52 Å². The summed E-state index contributed by atoms with van der Waals surface area (Å²) in [4.78, 5) is 16.8. The van der Waals surface area contributed by atoms with Crippen molar-refractivity contribution in [3.63, 3.8) is 0 Å². The van der Waals surface area contributed by atoms with E-state index in [0.29, 0.717) is 21.8 Å². The van der Waals surface area contributed by atoms with Gasteiger partial charge in [-0.05, 0) is 19.1 Å². The zero-order valence-corrected chi connectivity index (χ0v) is 12.0. The highest BCUT2D eigenvalue weighted by Crippen LogP contribution is 2.21. The molecule has 20 heavy (non-hydrogen) atoms. The number of benzene rings is 1. The van der Waals surface area contributed by atoms with E-state index in [1.165, 1.54) is 11.8 Å². The second-order valence-electron chi connectivity index (χ2n) is 4.50. The van der Waals surface area contributed by atoms with Crippen LogP contribution in [0.2, 0.25) is 0 Å². The molecule has 2 heterocycles. The molecule has 0 radical (unpaired) electrons. The van der Waals surface area contributed by atoms with E-state index in [1.54, 1.807) is 17.7 Å². The summed E-state index contributed by atoms with van der Waals surface area (Å²) in [5.74, 6) is 1.37. The number of aryl methyl sites for hydroxylation is 1. The van der Waals surface area contributed by atoms with Gasteiger partial charge in [-0.25, -0.2) is 4.98 Å². The average Bonchev–Trinajstić information content (AvgIpc) is 2.87. The van der Waals surface area contributed by atoms with Crippen molar-refractivity contribution in [3.8, 4) is 0 Å². The first-order valence-electron chi connectivity index (χ1n) is 6.16. The van der Waals surface area contributed by atoms with Crippen molar-refractivity contribution in [1.29, 1.82) is 0 Å². The highest BCUT2D eigenvalue weighted by molar-refractivity contribution is 7.98. The first-order valence-corrected chi connectivity index (χ1v) is 7.14. The molecular formula is C14H13N3O2S. The minimum atomic E-state index is -0.0353. The Morgan fingerprint density at radius 2 is 2.15 bits per heavy atom. The zero-order valence-electron chi connectivity index (χ0n) is 11.2. The SMILES string of the molecule is Cc1cc(CSc2nc3ccccc3c(=O)n2C)on1. The number of fused-ring (bicyclic) bond motifs is 1. The van der Waals surface area contributed by atoms with Gasteiger partial charge in [-0.15, -0.1) is 0 Å². The molecule has 0 amide bonds. The van der Waals surface area contributed by atoms with Crippen molar-refractivity contribution in [2.24, 2.45) is 7.05 Å². The molecule has 0 aliphatic carbocycles. The number of para-hydroxylation sites is 1. The van der Waals surface area contributed by atoms with E-state index in [1.807, 2.05) is 31.2 Å². The molecule has 0 fully saturated rings. The minimum absolute atomic E-state index is 0.0353. The van der Waals surface area contributed by atoms with E-state index in [9.17, 15) is 4.79 Å². The number of aromatic nitrogens is 3. The Morgan fingerprint density at radius 1 is 1.35 bits per heavy atom. The molecule has 2 aromatic heterocycles. The molecule has 5 nitrogen and oxygen atoms in total. The molecule has 0 saturated heterocycles. The lowest BCUT2D eigenvalue weighted by molar-refractivity contribution is 0.391. The van der Waals surface area contributed by atoms with Crippen LogP contribution in [0.4, 0.5) is 0 Å². The van der Waals surface area contributed by atoms with E-state index >= 15 is 0 Å². The smallest absolute Gasteiger partial charge is 0.261 e. The fourth-order valence-electron chi connectivity index (χ4n) is 1.95. The third kappa shape index (κ3) is 2.34. The zero-order chi connectivity index (χ0) is 14.1. The van der Waals surface area contributed by atoms with E-state index in [-0.39, 0.29) is 5.56 Å². The summed E-state index contributed by atoms with van der Waals surface area (Å²) in [7, 11) is 1.73. The Balaban J connectivity index is 1.95. The predicted octanol–water partition coefficient (Wildman–Crippen LogP) is 2.52. The summed E-state index contributed by atoms with van der Waals surface area (Å²) < 4.78 is 6.72. The Morgan fingerprint density at radius 3 is 2.90 bits per heavy atom. The van der Waals surface area contributed by atoms with Crippen LogP contribution in [0.25, 0.3) is 10.9 Å². The maximum Gasteiger partial charge on any atom is 0.261 e. The van der Waals surface area contributed by atoms with Gasteiger partial charge in [-0.1, -0.05) is 29.1 Å². The van der Waals surface area contributed by atoms with Crippen LogP contribution in [0.3, 0.4) is 0 Å². The predicted molar refractivity (Wildman–Crippen MR) is 77.8 cm³/mol. The van der Waals surface area contributed by atoms with Crippen LogP contribution in [-0.2, 0) is 12.8 Å². The molecule has 0 atom stereocenters. The second kappa shape index (κ2) is 5.13. The number of hydrogen-bond donors (Lipinski definition) is 0. The maximum absolute atomic E-state index is 12.2. The number of nitrogens with zero attached hydrogens (tertiary/aromatic N) is 3. The molecule has 0 N–H and O–H groups in total. The van der Waals surface area contributed by atoms with Crippen molar-refractivity contribution in [2.75, 3.05) is 0 Å². The summed E-state index contributed by atoms with van der Waals surface area (Å²) in [5, 5.41) is 5.14. The summed E-state index contributed by atoms with van der Waals surface area (Å²) in [5.41, 5.74) is 1.53. The van der Waals surface area contributed by atoms with E-state index in [2.05, 4.69) is 10.1 Å². The molecule has 0 aliphatic heterocycles. The number of rotatable bonds is 3. The van der Waals surface area contributed by atoms with Crippen molar-refractivity contribution >= 4 is 22.7 Å². The maximum atomic E-state index is 12.2. The molecule has 0 aliphatic rings. The summed E-state index contributed by atoms with van der Waals surface area (Å²) in [6.07, 6.45) is 0. The van der Waals surface area contributed by atoms with Gasteiger partial charge >= 0.3 is 0 Å². The first-order chi connectivity index (χ1) is 9.65. The van der Waals surface area contributed by atoms with Crippen LogP contribution in [0.5, 0.6) is 0 Å². The molecule has 0 spiro atoms. The topological polar surface area (TPSA) is 60.9 Å². The Kier molecular flexibility index (Phi) is 3.31. The molecule has 1 aromatic carbocycles. The van der Waals surface area contributed by atoms with Gasteiger partial charge in [0, 0.05) is 13.1 Å². The molecule has 0 saturated carbocycles. The summed E-state index contributed by atoms with van der Waals surface area (Å²) in [6.45, 7) is 1.88. The first kappa shape index (κ1) is 12.9. The second-order valence-corrected chi connectivity index (χ2v) is 5.44. The lowest BCUT2D eigenvalue weighted by atomic mass is 10.2. The van der Waals surface area contributed by atoms with Crippen LogP contribution in [0.15, 0.2) is 44.8 Å². The standard InChI is InChI=1S/C14H13N3O2S/c1-9-7-10(19-16-9)8-20-14-15-12-6-4-3-5-11(12)13(18)17(14)2/h3-7H,8H2,1-2H3. The van der Waals surface area contributed by atoms with Crippen molar-refractivity contribution in [2.45, 2.75) is 17.8 Å². The van der Waals surface area contributed by atoms with Gasteiger partial charge in [0.1, 0.15) is 5.76 Å². The third-order valence-electron chi connectivity index (χ3n) is 2.96. The molecule has 0 bridgehead atoms. The molecule has 3 aromatic rings. The lowest BCUT2D eigenvalue weighted by Gasteiger charge is -2.07. The molecule has 0 unspecified atom stereocenters. The molecule has 102 valence electrons. The summed E-state index contributed by atoms with van der Waals surface area (Å²) >= 11 is 1.46. The van der Waals surface area contributed by atoms with E-state index < -0.39 is 0 Å². The number of hydrogen-bond acceptors (Lipinski definition) is 5. The normalized spacial score (nSPS) is 11.1. The van der Waals surface area contributed by atoms with Crippen molar-refractivity contribution < 1.29 is 4.52 Å². The summed E-state index contributed by atoms with van der Waals surface area (Å²) in [6, 6.07) is 9.24. The quantitative estimate of drug-likeness (QED) is 0.547. The largest absolute Gasteiger partial charge is 0.360 e. The molecule has 3 rings (SSSR count). The van der Waals surface area contributed by atoms with Crippen molar-refractivity contribution in [3.05, 3.63) is 52.1 Å². The third-order valence-corrected chi connectivity index (χ3v) is 4.01. The van der Waals surface area contributed by atoms with Crippen LogP contribution < -0.4 is 5.56 Å². The minimum Gasteiger partial charge on any atom is -0.360 e. The van der Waals surface area contributed by atoms with Gasteiger partial charge in [0.2, 0.25) is 0 Å². The fourth-order valence-corrected chi connectivity index (χ4v) is 2.79. The Bertz CT molecular complexity index is 823. The van der Waals surface area contributed by atoms with Gasteiger partial charge in [0.25, 0.3) is 5.56 Å². The monoisotopic (exact) mass is 287 g/mol. The van der Waals surface area contributed by atoms with Crippen molar-refractivity contribution in [1.82, 2.24) is 14.7 Å². The van der Waals surface area contributed by atoms with Crippen LogP contribution in [0, 0.1) is 6.92 Å². The molecule has 6 heteroatoms. The highest BCUT2D eigenvalue weighted by Gasteiger charge is 2.09. The van der Waals surface area contributed by atoms with Gasteiger partial charge < -0.3 is 4.52 Å². The highest BCUT2D eigenvalue weighted by atomic mass is 32.2. The van der Waals surface area contributed by atoms with Gasteiger partial charge in [-0.3, -0.25) is 9.36 Å². The van der Waals surface area contributed by atoms with E-state index in [0.717, 1.165) is 11.5 Å². The number of thioether (sulfide) groups is 1. The van der Waals surface area contributed by atoms with Gasteiger partial charge in [-0.2, -0.15) is 0 Å². The van der Waals surface area contributed by atoms with Gasteiger partial charge in [0.05, 0.1) is 22.3 Å². The van der Waals surface area contributed by atoms with Crippen LogP contribution >= 0.6 is 11.8 Å². The lowest BCUT2D eigenvalue weighted by Crippen LogP contribution is -2.19. The molecular weight excluding hydrogens is 274 g/mol. The fraction of sp³-hybridized carbons (Fsp3) is 0.214. The average molecular weight is 287 g/mol. The van der Waals surface area contributed by atoms with Crippen LogP contribution in [0.1, 0.15) is 11.5 Å². The Labute approximate surface area is 119 Å². The van der Waals surface area contributed by atoms with Crippen LogP contribution in [-0.4, -0.2) is 14.7 Å².